The quantitative estimate of drug-likeness (QED) is 0.240. The van der Waals surface area contributed by atoms with E-state index >= 15 is 0 Å². The summed E-state index contributed by atoms with van der Waals surface area (Å²) < 4.78 is 2.42. The lowest BCUT2D eigenvalue weighted by Crippen LogP contribution is -2.44. The zero-order valence-electron chi connectivity index (χ0n) is 29.5. The molecule has 3 aliphatic rings. The molecule has 7 heteroatoms. The van der Waals surface area contributed by atoms with E-state index in [4.69, 9.17) is 0 Å². The van der Waals surface area contributed by atoms with Gasteiger partial charge in [0.25, 0.3) is 0 Å². The Morgan fingerprint density at radius 2 is 1.54 bits per heavy atom. The maximum absolute atomic E-state index is 3.97. The minimum Gasteiger partial charge on any atom is -0.409 e. The summed E-state index contributed by atoms with van der Waals surface area (Å²) in [7, 11) is -1.74. The Kier molecular flexibility index (Phi) is 11.2. The zero-order valence-corrected chi connectivity index (χ0v) is 35.3. The number of allylic oxidation sites excluding steroid dienone is 3. The standard InChI is InChI=1S/C20H28BrNS.C19H24BrNSSi/c1-6-22(19-13(3)9-12(2)10-18(19)21)11-17-15(5)14(4)16-7-8-23-20(16)17;1-11-9-12(2)17(16(20)10-11)21-23(5,6)19-14(4)13(3)15-7-8-22-18(15)19/h7-10,14-17,20H,6,11H2,1-5H3;7-10,19,21H,1-6H3. The number of anilines is 2. The van der Waals surface area contributed by atoms with Crippen molar-refractivity contribution in [2.45, 2.75) is 86.2 Å². The summed E-state index contributed by atoms with van der Waals surface area (Å²) in [5.41, 5.74) is 13.0. The highest BCUT2D eigenvalue weighted by molar-refractivity contribution is 9.11. The Morgan fingerprint density at radius 3 is 2.17 bits per heavy atom. The van der Waals surface area contributed by atoms with Crippen molar-refractivity contribution in [1.82, 2.24) is 0 Å². The van der Waals surface area contributed by atoms with Crippen molar-refractivity contribution in [3.05, 3.63) is 94.4 Å². The van der Waals surface area contributed by atoms with Gasteiger partial charge in [0.15, 0.2) is 8.24 Å². The van der Waals surface area contributed by atoms with E-state index in [2.05, 4.69) is 176 Å². The Labute approximate surface area is 305 Å². The first kappa shape index (κ1) is 36.0. The number of fused-ring (bicyclic) bond motifs is 2. The van der Waals surface area contributed by atoms with Gasteiger partial charge in [-0.05, 0) is 166 Å². The molecule has 2 aromatic carbocycles. The molecule has 0 amide bonds. The first-order valence-corrected chi connectivity index (χ1v) is 23.3. The van der Waals surface area contributed by atoms with Crippen LogP contribution in [0.2, 0.25) is 13.1 Å². The van der Waals surface area contributed by atoms with Crippen molar-refractivity contribution in [2.24, 2.45) is 23.7 Å². The summed E-state index contributed by atoms with van der Waals surface area (Å²) in [6, 6.07) is 11.3. The largest absolute Gasteiger partial charge is 0.409 e. The zero-order chi connectivity index (χ0) is 33.7. The fourth-order valence-corrected chi connectivity index (χ4v) is 17.1. The maximum atomic E-state index is 3.97. The van der Waals surface area contributed by atoms with E-state index in [1.165, 1.54) is 60.3 Å². The summed E-state index contributed by atoms with van der Waals surface area (Å²) in [6.07, 6.45) is 2.46. The number of hydrogen-bond donors (Lipinski definition) is 1. The van der Waals surface area contributed by atoms with Crippen molar-refractivity contribution >= 4 is 80.1 Å². The molecule has 46 heavy (non-hydrogen) atoms. The van der Waals surface area contributed by atoms with Crippen LogP contribution in [0.1, 0.15) is 72.9 Å². The number of thiophene rings is 1. The summed E-state index contributed by atoms with van der Waals surface area (Å²) in [5, 5.41) is 5.36. The van der Waals surface area contributed by atoms with Gasteiger partial charge in [-0.25, -0.2) is 0 Å². The van der Waals surface area contributed by atoms with Gasteiger partial charge in [0, 0.05) is 43.4 Å². The first-order valence-electron chi connectivity index (χ1n) is 16.8. The molecule has 1 N–H and O–H groups in total. The average molecular weight is 801 g/mol. The monoisotopic (exact) mass is 798 g/mol. The summed E-state index contributed by atoms with van der Waals surface area (Å²) in [6.45, 7) is 27.7. The molecule has 0 spiro atoms. The minimum absolute atomic E-state index is 0.560. The molecule has 6 rings (SSSR count). The molecule has 2 heterocycles. The van der Waals surface area contributed by atoms with Gasteiger partial charge in [-0.1, -0.05) is 50.7 Å². The van der Waals surface area contributed by atoms with Crippen LogP contribution in [0.3, 0.4) is 0 Å². The van der Waals surface area contributed by atoms with Crippen LogP contribution in [-0.2, 0) is 0 Å². The fourth-order valence-electron chi connectivity index (χ4n) is 8.36. The van der Waals surface area contributed by atoms with Gasteiger partial charge in [-0.3, -0.25) is 0 Å². The molecule has 2 nitrogen and oxygen atoms in total. The maximum Gasteiger partial charge on any atom is 0.159 e. The summed E-state index contributed by atoms with van der Waals surface area (Å²) >= 11 is 11.6. The van der Waals surface area contributed by atoms with Gasteiger partial charge in [-0.15, -0.1) is 23.1 Å². The van der Waals surface area contributed by atoms with E-state index in [0.717, 1.165) is 35.5 Å². The van der Waals surface area contributed by atoms with E-state index in [1.54, 1.807) is 10.5 Å². The molecule has 3 aromatic rings. The highest BCUT2D eigenvalue weighted by Crippen LogP contribution is 2.52. The molecule has 248 valence electrons. The lowest BCUT2D eigenvalue weighted by molar-refractivity contribution is 0.348. The fraction of sp³-hybridized carbons (Fsp3) is 0.487. The van der Waals surface area contributed by atoms with Crippen molar-refractivity contribution < 1.29 is 0 Å². The number of thioether (sulfide) groups is 1. The van der Waals surface area contributed by atoms with Crippen LogP contribution in [-0.4, -0.2) is 26.6 Å². The van der Waals surface area contributed by atoms with E-state index in [1.807, 2.05) is 11.3 Å². The summed E-state index contributed by atoms with van der Waals surface area (Å²) in [5.74, 6) is 3.14. The van der Waals surface area contributed by atoms with E-state index in [0.29, 0.717) is 5.54 Å². The van der Waals surface area contributed by atoms with Crippen LogP contribution in [0, 0.1) is 51.4 Å². The van der Waals surface area contributed by atoms with Crippen molar-refractivity contribution in [3.8, 4) is 0 Å². The lowest BCUT2D eigenvalue weighted by Gasteiger charge is -2.34. The molecule has 6 atom stereocenters. The second kappa shape index (κ2) is 14.3. The van der Waals surface area contributed by atoms with Crippen LogP contribution in [0.5, 0.6) is 0 Å². The number of halogens is 2. The third kappa shape index (κ3) is 6.92. The molecule has 1 aromatic heterocycles. The molecule has 0 bridgehead atoms. The number of nitrogens with zero attached hydrogens (tertiary/aromatic N) is 1. The van der Waals surface area contributed by atoms with Crippen molar-refractivity contribution in [3.63, 3.8) is 0 Å². The van der Waals surface area contributed by atoms with Crippen LogP contribution in [0.25, 0.3) is 5.57 Å². The first-order chi connectivity index (χ1) is 21.7. The van der Waals surface area contributed by atoms with E-state index in [9.17, 15) is 0 Å². The molecular weight excluding hydrogens is 748 g/mol. The highest BCUT2D eigenvalue weighted by Gasteiger charge is 2.47. The third-order valence-corrected chi connectivity index (χ3v) is 17.7. The molecule has 1 fully saturated rings. The molecular formula is C39H52Br2N2S2Si. The smallest absolute Gasteiger partial charge is 0.159 e. The highest BCUT2D eigenvalue weighted by atomic mass is 79.9. The molecule has 0 saturated heterocycles. The van der Waals surface area contributed by atoms with Gasteiger partial charge in [0.05, 0.1) is 5.69 Å². The Balaban J connectivity index is 0.000000181. The number of benzene rings is 2. The topological polar surface area (TPSA) is 15.3 Å². The summed E-state index contributed by atoms with van der Waals surface area (Å²) in [4.78, 5) is 8.12. The van der Waals surface area contributed by atoms with Gasteiger partial charge in [0.1, 0.15) is 0 Å². The SMILES string of the molecule is CC1=C(C)C([Si](C)(C)Nc2c(C)cc(C)cc2Br)c2sccc21.CCN(CC1C(C)C(C)C2C=CSC21)c1c(C)cc(C)cc1Br. The number of aryl methyl sites for hydroxylation is 4. The van der Waals surface area contributed by atoms with Crippen LogP contribution in [0.4, 0.5) is 11.4 Å². The van der Waals surface area contributed by atoms with E-state index < -0.39 is 8.24 Å². The Bertz CT molecular complexity index is 1610. The molecule has 1 aliphatic heterocycles. The van der Waals surface area contributed by atoms with Gasteiger partial charge in [-0.2, -0.15) is 0 Å². The minimum atomic E-state index is -1.74. The molecule has 0 radical (unpaired) electrons. The van der Waals surface area contributed by atoms with Crippen LogP contribution >= 0.6 is 55.0 Å². The lowest BCUT2D eigenvalue weighted by atomic mass is 9.90. The van der Waals surface area contributed by atoms with Crippen molar-refractivity contribution in [1.29, 1.82) is 0 Å². The van der Waals surface area contributed by atoms with Crippen molar-refractivity contribution in [2.75, 3.05) is 23.0 Å². The van der Waals surface area contributed by atoms with Gasteiger partial charge < -0.3 is 9.88 Å². The second-order valence-corrected chi connectivity index (χ2v) is 22.6. The normalized spacial score (nSPS) is 25.0. The van der Waals surface area contributed by atoms with Crippen LogP contribution in [0.15, 0.2) is 61.7 Å². The predicted octanol–water partition coefficient (Wildman–Crippen LogP) is 12.9. The van der Waals surface area contributed by atoms with Gasteiger partial charge in [0.2, 0.25) is 0 Å². The van der Waals surface area contributed by atoms with Crippen LogP contribution < -0.4 is 9.88 Å². The number of hydrogen-bond acceptors (Lipinski definition) is 4. The number of rotatable bonds is 7. The Hall–Kier alpha value is -1.25. The number of nitrogens with one attached hydrogen (secondary N) is 1. The predicted molar refractivity (Wildman–Crippen MR) is 217 cm³/mol. The van der Waals surface area contributed by atoms with E-state index in [-0.39, 0.29) is 0 Å². The van der Waals surface area contributed by atoms with Gasteiger partial charge >= 0.3 is 0 Å². The second-order valence-electron chi connectivity index (χ2n) is 14.6. The molecule has 2 aliphatic carbocycles. The Morgan fingerprint density at radius 1 is 0.891 bits per heavy atom. The third-order valence-electron chi connectivity index (χ3n) is 11.0. The molecule has 6 unspecified atom stereocenters. The molecule has 1 saturated carbocycles. The average Bonchev–Trinajstić information content (AvgIpc) is 3.73.